The van der Waals surface area contributed by atoms with Crippen molar-refractivity contribution in [2.45, 2.75) is 133 Å². The number of ether oxygens (including phenoxy) is 3. The van der Waals surface area contributed by atoms with Crippen LogP contribution in [0.1, 0.15) is 84.5 Å². The van der Waals surface area contributed by atoms with Crippen LogP contribution < -0.4 is 0 Å². The minimum Gasteiger partial charge on any atom is -0.455 e. The van der Waals surface area contributed by atoms with Crippen LogP contribution in [0.5, 0.6) is 0 Å². The van der Waals surface area contributed by atoms with E-state index in [2.05, 4.69) is 6.92 Å². The summed E-state index contributed by atoms with van der Waals surface area (Å²) in [5, 5.41) is 30.7. The first-order valence-corrected chi connectivity index (χ1v) is 12.1. The van der Waals surface area contributed by atoms with Gasteiger partial charge in [-0.1, -0.05) is 13.3 Å². The Hall–Kier alpha value is -0.990. The summed E-state index contributed by atoms with van der Waals surface area (Å²) in [6.45, 7) is 3.87. The predicted octanol–water partition coefficient (Wildman–Crippen LogP) is 2.79. The molecule has 7 nitrogen and oxygen atoms in total. The Morgan fingerprint density at radius 3 is 2.42 bits per heavy atom. The molecule has 31 heavy (non-hydrogen) atoms. The molecule has 3 heterocycles. The molecular weight excluding hydrogens is 400 g/mol. The van der Waals surface area contributed by atoms with Crippen LogP contribution in [0, 0.1) is 0 Å². The summed E-state index contributed by atoms with van der Waals surface area (Å²) in [5.74, 6) is -0.336. The maximum atomic E-state index is 11.6. The third-order valence-corrected chi connectivity index (χ3v) is 6.71. The average molecular weight is 441 g/mol. The van der Waals surface area contributed by atoms with Crippen LogP contribution >= 0.6 is 0 Å². The number of hydrogen-bond acceptors (Lipinski definition) is 7. The van der Waals surface area contributed by atoms with E-state index in [1.54, 1.807) is 13.0 Å². The summed E-state index contributed by atoms with van der Waals surface area (Å²) in [5.41, 5.74) is 0.546. The van der Waals surface area contributed by atoms with E-state index in [-0.39, 0.29) is 42.6 Å². The Morgan fingerprint density at radius 1 is 1.00 bits per heavy atom. The van der Waals surface area contributed by atoms with Gasteiger partial charge in [0.25, 0.3) is 0 Å². The molecule has 0 aliphatic carbocycles. The maximum absolute atomic E-state index is 11.6. The van der Waals surface area contributed by atoms with E-state index >= 15 is 0 Å². The van der Waals surface area contributed by atoms with Gasteiger partial charge in [-0.2, -0.15) is 0 Å². The second-order valence-electron chi connectivity index (χ2n) is 9.50. The molecule has 2 saturated heterocycles. The quantitative estimate of drug-likeness (QED) is 0.401. The Kier molecular flexibility index (Phi) is 9.34. The van der Waals surface area contributed by atoms with Crippen molar-refractivity contribution in [1.82, 2.24) is 0 Å². The lowest BCUT2D eigenvalue weighted by Crippen LogP contribution is -2.31. The Morgan fingerprint density at radius 2 is 1.71 bits per heavy atom. The zero-order valence-corrected chi connectivity index (χ0v) is 18.9. The lowest BCUT2D eigenvalue weighted by atomic mass is 9.99. The topological polar surface area (TPSA) is 105 Å². The van der Waals surface area contributed by atoms with Crippen molar-refractivity contribution in [3.8, 4) is 0 Å². The van der Waals surface area contributed by atoms with Crippen LogP contribution in [-0.4, -0.2) is 70.1 Å². The van der Waals surface area contributed by atoms with Crippen LogP contribution in [0.3, 0.4) is 0 Å². The van der Waals surface area contributed by atoms with Gasteiger partial charge < -0.3 is 29.5 Å². The third kappa shape index (κ3) is 7.26. The van der Waals surface area contributed by atoms with E-state index in [1.165, 1.54) is 0 Å². The van der Waals surface area contributed by atoms with E-state index in [0.29, 0.717) is 37.7 Å². The van der Waals surface area contributed by atoms with Crippen LogP contribution in [-0.2, 0) is 19.0 Å². The molecule has 178 valence electrons. The fraction of sp³-hybridized carbons (Fsp3) is 0.875. The molecule has 8 atom stereocenters. The number of hydrogen-bond donors (Lipinski definition) is 3. The van der Waals surface area contributed by atoms with Crippen molar-refractivity contribution < 1.29 is 34.3 Å². The van der Waals surface area contributed by atoms with E-state index in [4.69, 9.17) is 14.2 Å². The fourth-order valence-electron chi connectivity index (χ4n) is 5.06. The number of esters is 1. The molecule has 0 aromatic heterocycles. The summed E-state index contributed by atoms with van der Waals surface area (Å²) in [6.07, 6.45) is 8.28. The zero-order valence-electron chi connectivity index (χ0n) is 18.9. The molecule has 0 aromatic carbocycles. The number of cyclic esters (lactones) is 1. The molecular formula is C24H40O7. The summed E-state index contributed by atoms with van der Waals surface area (Å²) in [6, 6.07) is 0. The molecule has 0 spiro atoms. The molecule has 6 unspecified atom stereocenters. The van der Waals surface area contributed by atoms with Crippen molar-refractivity contribution in [3.05, 3.63) is 11.6 Å². The smallest absolute Gasteiger partial charge is 0.334 e. The van der Waals surface area contributed by atoms with Gasteiger partial charge in [-0.3, -0.25) is 0 Å². The van der Waals surface area contributed by atoms with Crippen molar-refractivity contribution in [2.24, 2.45) is 0 Å². The van der Waals surface area contributed by atoms with Gasteiger partial charge in [-0.15, -0.1) is 0 Å². The highest BCUT2D eigenvalue weighted by Crippen LogP contribution is 2.34. The molecule has 0 saturated carbocycles. The minimum atomic E-state index is -0.598. The van der Waals surface area contributed by atoms with E-state index < -0.39 is 12.2 Å². The van der Waals surface area contributed by atoms with Crippen LogP contribution in [0.15, 0.2) is 11.6 Å². The van der Waals surface area contributed by atoms with Gasteiger partial charge in [-0.25, -0.2) is 4.79 Å². The maximum Gasteiger partial charge on any atom is 0.334 e. The number of carbonyl (C=O) groups excluding carboxylic acids is 1. The van der Waals surface area contributed by atoms with E-state index in [0.717, 1.165) is 38.5 Å². The van der Waals surface area contributed by atoms with Gasteiger partial charge in [0.05, 0.1) is 42.7 Å². The number of carbonyl (C=O) groups is 1. The molecule has 3 rings (SSSR count). The number of aliphatic hydroxyl groups is 3. The van der Waals surface area contributed by atoms with Crippen LogP contribution in [0.25, 0.3) is 0 Å². The van der Waals surface area contributed by atoms with Gasteiger partial charge in [-0.05, 0) is 70.8 Å². The molecule has 0 radical (unpaired) electrons. The van der Waals surface area contributed by atoms with E-state index in [9.17, 15) is 20.1 Å². The molecule has 0 amide bonds. The summed E-state index contributed by atoms with van der Waals surface area (Å²) < 4.78 is 17.3. The zero-order chi connectivity index (χ0) is 22.4. The summed E-state index contributed by atoms with van der Waals surface area (Å²) >= 11 is 0. The lowest BCUT2D eigenvalue weighted by Gasteiger charge is -2.23. The third-order valence-electron chi connectivity index (χ3n) is 6.71. The first-order chi connectivity index (χ1) is 14.9. The second kappa shape index (κ2) is 11.8. The second-order valence-corrected chi connectivity index (χ2v) is 9.50. The molecule has 2 fully saturated rings. The molecule has 0 bridgehead atoms. The predicted molar refractivity (Wildman–Crippen MR) is 115 cm³/mol. The fourth-order valence-corrected chi connectivity index (χ4v) is 5.06. The first-order valence-electron chi connectivity index (χ1n) is 12.1. The van der Waals surface area contributed by atoms with Crippen molar-refractivity contribution in [2.75, 3.05) is 0 Å². The van der Waals surface area contributed by atoms with E-state index in [1.807, 2.05) is 0 Å². The van der Waals surface area contributed by atoms with Gasteiger partial charge in [0.1, 0.15) is 6.10 Å². The SMILES string of the molecule is CCCC(O)C1CCC(C2CCC(CC(O)CCC[C@@H](O)CC3=C[C@H](C)OC3=O)O2)O1. The molecule has 3 aliphatic rings. The molecule has 0 aromatic rings. The monoisotopic (exact) mass is 440 g/mol. The van der Waals surface area contributed by atoms with Gasteiger partial charge in [0.15, 0.2) is 0 Å². The number of aliphatic hydroxyl groups excluding tert-OH is 3. The minimum absolute atomic E-state index is 0.0352. The molecule has 3 N–H and O–H groups in total. The van der Waals surface area contributed by atoms with Crippen molar-refractivity contribution >= 4 is 5.97 Å². The van der Waals surface area contributed by atoms with Gasteiger partial charge >= 0.3 is 5.97 Å². The largest absolute Gasteiger partial charge is 0.455 e. The average Bonchev–Trinajstić information content (AvgIpc) is 3.42. The summed E-state index contributed by atoms with van der Waals surface area (Å²) in [4.78, 5) is 11.6. The Balaban J connectivity index is 1.30. The van der Waals surface area contributed by atoms with Gasteiger partial charge in [0, 0.05) is 12.0 Å². The van der Waals surface area contributed by atoms with Crippen molar-refractivity contribution in [3.63, 3.8) is 0 Å². The van der Waals surface area contributed by atoms with Crippen molar-refractivity contribution in [1.29, 1.82) is 0 Å². The van der Waals surface area contributed by atoms with Gasteiger partial charge in [0.2, 0.25) is 0 Å². The molecule has 7 heteroatoms. The number of rotatable bonds is 12. The normalized spacial score (nSPS) is 33.9. The molecule has 3 aliphatic heterocycles. The standard InChI is InChI=1S/C24H40O7/c1-3-5-20(27)21-10-11-23(31-21)22-9-8-19(30-22)14-18(26)7-4-6-17(25)13-16-12-15(2)29-24(16)28/h12,15,17-23,25-27H,3-11,13-14H2,1-2H3/t15-,17+,18?,19?,20?,21?,22?,23?/m0/s1. The van der Waals surface area contributed by atoms with Crippen LogP contribution in [0.4, 0.5) is 0 Å². The Bertz CT molecular complexity index is 607. The highest BCUT2D eigenvalue weighted by atomic mass is 16.6. The lowest BCUT2D eigenvalue weighted by molar-refractivity contribution is -0.139. The first kappa shape index (κ1) is 24.6. The van der Waals surface area contributed by atoms with Crippen LogP contribution in [0.2, 0.25) is 0 Å². The Labute approximate surface area is 185 Å². The summed E-state index contributed by atoms with van der Waals surface area (Å²) in [7, 11) is 0. The highest BCUT2D eigenvalue weighted by molar-refractivity contribution is 5.90. The highest BCUT2D eigenvalue weighted by Gasteiger charge is 2.39.